The monoisotopic (exact) mass is 419 g/mol. The van der Waals surface area contributed by atoms with Gasteiger partial charge in [-0.15, -0.1) is 0 Å². The number of nitrogens with zero attached hydrogens (tertiary/aromatic N) is 3. The van der Waals surface area contributed by atoms with Crippen molar-refractivity contribution in [3.63, 3.8) is 0 Å². The van der Waals surface area contributed by atoms with Crippen LogP contribution in [0.5, 0.6) is 11.5 Å². The second-order valence-corrected chi connectivity index (χ2v) is 7.96. The van der Waals surface area contributed by atoms with Crippen LogP contribution in [-0.2, 0) is 7.05 Å². The number of ether oxygens (including phenoxy) is 2. The molecule has 1 fully saturated rings. The van der Waals surface area contributed by atoms with Gasteiger partial charge in [0.15, 0.2) is 0 Å². The average Bonchev–Trinajstić information content (AvgIpc) is 3.03. The van der Waals surface area contributed by atoms with Crippen LogP contribution in [0.3, 0.4) is 0 Å². The normalized spacial score (nSPS) is 16.6. The van der Waals surface area contributed by atoms with E-state index < -0.39 is 0 Å². The van der Waals surface area contributed by atoms with Gasteiger partial charge < -0.3 is 14.4 Å². The van der Waals surface area contributed by atoms with Gasteiger partial charge in [0.05, 0.1) is 19.9 Å². The standard InChI is InChI=1S/C25H29N3O3/c1-27-23(16-22(26-27)21-9-4-5-10-24(21)31-3)25(29)28-15-7-6-8-19(17-28)18-11-13-20(30-2)14-12-18/h4-5,9-14,16,19H,6-8,15,17H2,1-3H3. The molecule has 1 saturated heterocycles. The molecule has 4 rings (SSSR count). The quantitative estimate of drug-likeness (QED) is 0.610. The highest BCUT2D eigenvalue weighted by Gasteiger charge is 2.26. The molecule has 0 saturated carbocycles. The van der Waals surface area contributed by atoms with Gasteiger partial charge in [-0.1, -0.05) is 30.7 Å². The van der Waals surface area contributed by atoms with Gasteiger partial charge >= 0.3 is 0 Å². The lowest BCUT2D eigenvalue weighted by atomic mass is 9.94. The fraction of sp³-hybridized carbons (Fsp3) is 0.360. The largest absolute Gasteiger partial charge is 0.497 e. The maximum atomic E-state index is 13.5. The van der Waals surface area contributed by atoms with E-state index in [1.807, 2.05) is 54.4 Å². The van der Waals surface area contributed by atoms with Crippen molar-refractivity contribution in [2.24, 2.45) is 7.05 Å². The summed E-state index contributed by atoms with van der Waals surface area (Å²) < 4.78 is 12.4. The molecule has 31 heavy (non-hydrogen) atoms. The van der Waals surface area contributed by atoms with E-state index in [0.29, 0.717) is 18.2 Å². The van der Waals surface area contributed by atoms with Gasteiger partial charge in [-0.2, -0.15) is 5.10 Å². The molecular formula is C25H29N3O3. The number of likely N-dealkylation sites (tertiary alicyclic amines) is 1. The Morgan fingerprint density at radius 2 is 1.81 bits per heavy atom. The van der Waals surface area contributed by atoms with E-state index in [-0.39, 0.29) is 5.91 Å². The molecule has 1 unspecified atom stereocenters. The number of aryl methyl sites for hydroxylation is 1. The summed E-state index contributed by atoms with van der Waals surface area (Å²) in [6.07, 6.45) is 3.20. The molecule has 162 valence electrons. The molecule has 6 nitrogen and oxygen atoms in total. The molecule has 1 aromatic heterocycles. The third kappa shape index (κ3) is 4.43. The van der Waals surface area contributed by atoms with Crippen LogP contribution in [0.15, 0.2) is 54.6 Å². The second kappa shape index (κ2) is 9.25. The van der Waals surface area contributed by atoms with E-state index >= 15 is 0 Å². The summed E-state index contributed by atoms with van der Waals surface area (Å²) in [6.45, 7) is 1.47. The van der Waals surface area contributed by atoms with E-state index in [1.54, 1.807) is 18.9 Å². The highest BCUT2D eigenvalue weighted by molar-refractivity contribution is 5.94. The molecule has 1 aliphatic rings. The molecule has 1 atom stereocenters. The van der Waals surface area contributed by atoms with Crippen molar-refractivity contribution in [1.29, 1.82) is 0 Å². The van der Waals surface area contributed by atoms with Gasteiger partial charge in [-0.25, -0.2) is 0 Å². The lowest BCUT2D eigenvalue weighted by Gasteiger charge is -2.25. The molecule has 0 aliphatic carbocycles. The number of carbonyl (C=O) groups is 1. The van der Waals surface area contributed by atoms with Gasteiger partial charge in [-0.05, 0) is 48.7 Å². The Morgan fingerprint density at radius 1 is 1.03 bits per heavy atom. The predicted octanol–water partition coefficient (Wildman–Crippen LogP) is 4.51. The number of carbonyl (C=O) groups excluding carboxylic acids is 1. The number of hydrogen-bond donors (Lipinski definition) is 0. The molecule has 6 heteroatoms. The minimum Gasteiger partial charge on any atom is -0.497 e. The fourth-order valence-corrected chi connectivity index (χ4v) is 4.29. The first kappa shape index (κ1) is 21.0. The molecule has 3 aromatic rings. The zero-order valence-corrected chi connectivity index (χ0v) is 18.4. The summed E-state index contributed by atoms with van der Waals surface area (Å²) in [6, 6.07) is 17.8. The molecular weight excluding hydrogens is 390 g/mol. The van der Waals surface area contributed by atoms with Crippen molar-refractivity contribution in [2.45, 2.75) is 25.2 Å². The van der Waals surface area contributed by atoms with Gasteiger partial charge in [0.2, 0.25) is 0 Å². The molecule has 2 aromatic carbocycles. The average molecular weight is 420 g/mol. The Balaban J connectivity index is 1.57. The van der Waals surface area contributed by atoms with Crippen LogP contribution in [0.25, 0.3) is 11.3 Å². The number of para-hydroxylation sites is 1. The summed E-state index contributed by atoms with van der Waals surface area (Å²) in [4.78, 5) is 15.4. The molecule has 0 spiro atoms. The van der Waals surface area contributed by atoms with Crippen LogP contribution >= 0.6 is 0 Å². The van der Waals surface area contributed by atoms with Crippen molar-refractivity contribution in [3.05, 3.63) is 65.9 Å². The number of rotatable bonds is 5. The van der Waals surface area contributed by atoms with Crippen LogP contribution in [0.1, 0.15) is 41.2 Å². The summed E-state index contributed by atoms with van der Waals surface area (Å²) in [7, 11) is 5.14. The molecule has 0 radical (unpaired) electrons. The highest BCUT2D eigenvalue weighted by atomic mass is 16.5. The first-order chi connectivity index (χ1) is 15.1. The maximum Gasteiger partial charge on any atom is 0.272 e. The van der Waals surface area contributed by atoms with Crippen LogP contribution in [0.2, 0.25) is 0 Å². The van der Waals surface area contributed by atoms with Gasteiger partial charge in [0.25, 0.3) is 5.91 Å². The Bertz CT molecular complexity index is 1040. The second-order valence-electron chi connectivity index (χ2n) is 7.96. The Hall–Kier alpha value is -3.28. The van der Waals surface area contributed by atoms with Gasteiger partial charge in [-0.3, -0.25) is 9.48 Å². The molecule has 0 bridgehead atoms. The Morgan fingerprint density at radius 3 is 2.55 bits per heavy atom. The summed E-state index contributed by atoms with van der Waals surface area (Å²) >= 11 is 0. The molecule has 0 N–H and O–H groups in total. The zero-order chi connectivity index (χ0) is 21.8. The number of aromatic nitrogens is 2. The van der Waals surface area contributed by atoms with Gasteiger partial charge in [0.1, 0.15) is 17.2 Å². The smallest absolute Gasteiger partial charge is 0.272 e. The Labute approximate surface area is 183 Å². The summed E-state index contributed by atoms with van der Waals surface area (Å²) in [5, 5.41) is 4.60. The summed E-state index contributed by atoms with van der Waals surface area (Å²) in [5.41, 5.74) is 3.47. The van der Waals surface area contributed by atoms with Crippen molar-refractivity contribution >= 4 is 5.91 Å². The fourth-order valence-electron chi connectivity index (χ4n) is 4.29. The van der Waals surface area contributed by atoms with E-state index in [4.69, 9.17) is 9.47 Å². The number of methoxy groups -OCH3 is 2. The van der Waals surface area contributed by atoms with E-state index in [1.165, 1.54) is 5.56 Å². The summed E-state index contributed by atoms with van der Waals surface area (Å²) in [5.74, 6) is 1.94. The van der Waals surface area contributed by atoms with Crippen molar-refractivity contribution < 1.29 is 14.3 Å². The van der Waals surface area contributed by atoms with Crippen LogP contribution < -0.4 is 9.47 Å². The van der Waals surface area contributed by atoms with Gasteiger partial charge in [0, 0.05) is 31.6 Å². The highest BCUT2D eigenvalue weighted by Crippen LogP contribution is 2.31. The number of benzene rings is 2. The first-order valence-corrected chi connectivity index (χ1v) is 10.7. The third-order valence-corrected chi connectivity index (χ3v) is 6.03. The van der Waals surface area contributed by atoms with Crippen molar-refractivity contribution in [1.82, 2.24) is 14.7 Å². The van der Waals surface area contributed by atoms with Crippen molar-refractivity contribution in [2.75, 3.05) is 27.3 Å². The number of hydrogen-bond acceptors (Lipinski definition) is 4. The van der Waals surface area contributed by atoms with E-state index in [9.17, 15) is 4.79 Å². The van der Waals surface area contributed by atoms with E-state index in [0.717, 1.165) is 48.6 Å². The predicted molar refractivity (Wildman–Crippen MR) is 121 cm³/mol. The van der Waals surface area contributed by atoms with Crippen LogP contribution in [0, 0.1) is 0 Å². The van der Waals surface area contributed by atoms with E-state index in [2.05, 4.69) is 17.2 Å². The SMILES string of the molecule is COc1ccc(C2CCCCN(C(=O)c3cc(-c4ccccc4OC)nn3C)C2)cc1. The van der Waals surface area contributed by atoms with Crippen molar-refractivity contribution in [3.8, 4) is 22.8 Å². The molecule has 1 amide bonds. The third-order valence-electron chi connectivity index (χ3n) is 6.03. The number of amides is 1. The topological polar surface area (TPSA) is 56.6 Å². The zero-order valence-electron chi connectivity index (χ0n) is 18.4. The minimum absolute atomic E-state index is 0.0246. The van der Waals surface area contributed by atoms with Crippen LogP contribution in [0.4, 0.5) is 0 Å². The lowest BCUT2D eigenvalue weighted by molar-refractivity contribution is 0.0743. The Kier molecular flexibility index (Phi) is 6.26. The molecule has 1 aliphatic heterocycles. The minimum atomic E-state index is 0.0246. The molecule has 2 heterocycles. The maximum absolute atomic E-state index is 13.5. The van der Waals surface area contributed by atoms with Crippen LogP contribution in [-0.4, -0.2) is 47.9 Å². The first-order valence-electron chi connectivity index (χ1n) is 10.7. The lowest BCUT2D eigenvalue weighted by Crippen LogP contribution is -2.35.